The fourth-order valence-electron chi connectivity index (χ4n) is 0.482. The minimum atomic E-state index is -2.19. The van der Waals surface area contributed by atoms with Crippen LogP contribution in [0.2, 0.25) is 0 Å². The summed E-state index contributed by atoms with van der Waals surface area (Å²) in [4.78, 5) is 21.6. The van der Waals surface area contributed by atoms with Crippen molar-refractivity contribution in [2.75, 3.05) is 0 Å². The van der Waals surface area contributed by atoms with E-state index in [2.05, 4.69) is 11.7 Å². The zero-order valence-corrected chi connectivity index (χ0v) is 8.95. The summed E-state index contributed by atoms with van der Waals surface area (Å²) in [7, 11) is 0. The maximum atomic E-state index is 10.8. The zero-order valence-electron chi connectivity index (χ0n) is 6.69. The van der Waals surface area contributed by atoms with Gasteiger partial charge in [0.1, 0.15) is 0 Å². The van der Waals surface area contributed by atoms with E-state index in [0.29, 0.717) is 12.8 Å². The van der Waals surface area contributed by atoms with Gasteiger partial charge in [-0.2, -0.15) is 0 Å². The first-order valence-corrected chi connectivity index (χ1v) is 4.62. The molecule has 0 aromatic heterocycles. The molecule has 13 heavy (non-hydrogen) atoms. The van der Waals surface area contributed by atoms with Gasteiger partial charge >= 0.3 is 11.9 Å². The number of halogens is 3. The number of carbonyl (C=O) groups excluding carboxylic acids is 2. The summed E-state index contributed by atoms with van der Waals surface area (Å²) in [5.41, 5.74) is 0. The number of alkyl halides is 3. The molecule has 0 aromatic rings. The maximum absolute atomic E-state index is 10.8. The molecule has 0 unspecified atom stereocenters. The summed E-state index contributed by atoms with van der Waals surface area (Å²) in [6.45, 7) is 3.51. The third kappa shape index (κ3) is 6.13. The number of unbranched alkanes of at least 4 members (excludes halogenated alkanes) is 1. The van der Waals surface area contributed by atoms with Gasteiger partial charge < -0.3 is 4.74 Å². The summed E-state index contributed by atoms with van der Waals surface area (Å²) in [6.07, 6.45) is 1.21. The molecule has 3 nitrogen and oxygen atoms in total. The summed E-state index contributed by atoms with van der Waals surface area (Å²) in [5, 5.41) is 0. The highest BCUT2D eigenvalue weighted by Gasteiger charge is 2.34. The molecule has 0 aliphatic rings. The van der Waals surface area contributed by atoms with E-state index in [1.54, 1.807) is 0 Å². The first-order chi connectivity index (χ1) is 5.88. The lowest BCUT2D eigenvalue weighted by Gasteiger charge is -2.08. The molecule has 0 N–H and O–H groups in total. The molecule has 0 saturated carbocycles. The Morgan fingerprint density at radius 1 is 1.31 bits per heavy atom. The summed E-state index contributed by atoms with van der Waals surface area (Å²) < 4.78 is 2.02. The quantitative estimate of drug-likeness (QED) is 0.436. The van der Waals surface area contributed by atoms with E-state index >= 15 is 0 Å². The lowest BCUT2D eigenvalue weighted by Crippen LogP contribution is -2.24. The summed E-state index contributed by atoms with van der Waals surface area (Å²) in [6, 6.07) is 0. The van der Waals surface area contributed by atoms with Gasteiger partial charge in [-0.25, -0.2) is 4.79 Å². The van der Waals surface area contributed by atoms with Crippen LogP contribution in [-0.4, -0.2) is 15.7 Å². The van der Waals surface area contributed by atoms with E-state index in [9.17, 15) is 9.59 Å². The van der Waals surface area contributed by atoms with Crippen molar-refractivity contribution in [3.63, 3.8) is 0 Å². The van der Waals surface area contributed by atoms with E-state index in [-0.39, 0.29) is 6.42 Å². The van der Waals surface area contributed by atoms with Crippen molar-refractivity contribution in [1.29, 1.82) is 0 Å². The average molecular weight is 246 g/mol. The number of hydrogen-bond acceptors (Lipinski definition) is 3. The Morgan fingerprint density at radius 2 is 1.85 bits per heavy atom. The average Bonchev–Trinajstić information content (AvgIpc) is 1.99. The van der Waals surface area contributed by atoms with Gasteiger partial charge in [-0.3, -0.25) is 4.79 Å². The Labute approximate surface area is 91.3 Å². The van der Waals surface area contributed by atoms with Crippen LogP contribution < -0.4 is 0 Å². The molecule has 0 rings (SSSR count). The Morgan fingerprint density at radius 3 is 2.23 bits per heavy atom. The lowest BCUT2D eigenvalue weighted by molar-refractivity contribution is -0.159. The van der Waals surface area contributed by atoms with Gasteiger partial charge in [-0.15, -0.1) is 0 Å². The fourth-order valence-corrected chi connectivity index (χ4v) is 0.597. The molecule has 0 bridgehead atoms. The zero-order chi connectivity index (χ0) is 10.5. The van der Waals surface area contributed by atoms with Crippen LogP contribution >= 0.6 is 34.8 Å². The van der Waals surface area contributed by atoms with Crippen LogP contribution in [0.1, 0.15) is 19.3 Å². The molecule has 0 spiro atoms. The summed E-state index contributed by atoms with van der Waals surface area (Å²) >= 11 is 15.5. The molecule has 0 fully saturated rings. The van der Waals surface area contributed by atoms with Crippen LogP contribution in [0.3, 0.4) is 0 Å². The number of ether oxygens (including phenoxy) is 1. The van der Waals surface area contributed by atoms with E-state index in [0.717, 1.165) is 0 Å². The van der Waals surface area contributed by atoms with Crippen LogP contribution in [-0.2, 0) is 14.3 Å². The normalized spacial score (nSPS) is 11.1. The molecule has 0 aromatic carbocycles. The number of hydrogen-bond donors (Lipinski definition) is 0. The molecule has 0 amide bonds. The monoisotopic (exact) mass is 245 g/mol. The smallest absolute Gasteiger partial charge is 0.366 e. The molecule has 0 atom stereocenters. The lowest BCUT2D eigenvalue weighted by atomic mass is 10.2. The van der Waals surface area contributed by atoms with Crippen LogP contribution in [0.5, 0.6) is 0 Å². The van der Waals surface area contributed by atoms with Gasteiger partial charge in [0.15, 0.2) is 0 Å². The molecular weight excluding hydrogens is 238 g/mol. The Kier molecular flexibility index (Phi) is 5.68. The van der Waals surface area contributed by atoms with Gasteiger partial charge in [0.2, 0.25) is 0 Å². The largest absolute Gasteiger partial charge is 0.390 e. The van der Waals surface area contributed by atoms with Crippen molar-refractivity contribution < 1.29 is 14.3 Å². The highest BCUT2D eigenvalue weighted by molar-refractivity contribution is 6.75. The third-order valence-electron chi connectivity index (χ3n) is 1.07. The van der Waals surface area contributed by atoms with E-state index in [1.165, 1.54) is 0 Å². The van der Waals surface area contributed by atoms with Gasteiger partial charge in [0.05, 0.1) is 0 Å². The second-order valence-electron chi connectivity index (χ2n) is 2.22. The first kappa shape index (κ1) is 13.0. The van der Waals surface area contributed by atoms with E-state index < -0.39 is 15.7 Å². The molecule has 6 heteroatoms. The maximum Gasteiger partial charge on any atom is 0.366 e. The molecule has 0 saturated heterocycles. The van der Waals surface area contributed by atoms with Gasteiger partial charge in [0, 0.05) is 6.42 Å². The molecule has 0 aliphatic heterocycles. The Hall–Kier alpha value is 0.01000. The van der Waals surface area contributed by atoms with Crippen molar-refractivity contribution in [3.05, 3.63) is 6.92 Å². The Balaban J connectivity index is 3.86. The van der Waals surface area contributed by atoms with Crippen molar-refractivity contribution in [3.8, 4) is 0 Å². The van der Waals surface area contributed by atoms with Gasteiger partial charge in [-0.05, 0) is 6.42 Å². The van der Waals surface area contributed by atoms with Crippen molar-refractivity contribution >= 4 is 46.7 Å². The van der Waals surface area contributed by atoms with Gasteiger partial charge in [-0.1, -0.05) is 48.1 Å². The topological polar surface area (TPSA) is 43.4 Å². The van der Waals surface area contributed by atoms with Crippen molar-refractivity contribution in [2.24, 2.45) is 0 Å². The van der Waals surface area contributed by atoms with E-state index in [1.807, 2.05) is 0 Å². The van der Waals surface area contributed by atoms with Crippen molar-refractivity contribution in [2.45, 2.75) is 23.1 Å². The first-order valence-electron chi connectivity index (χ1n) is 3.49. The Bertz CT molecular complexity index is 198. The number of esters is 2. The fraction of sp³-hybridized carbons (Fsp3) is 0.571. The van der Waals surface area contributed by atoms with Crippen LogP contribution in [0.4, 0.5) is 0 Å². The second-order valence-corrected chi connectivity index (χ2v) is 4.50. The minimum Gasteiger partial charge on any atom is -0.390 e. The van der Waals surface area contributed by atoms with Crippen LogP contribution in [0.15, 0.2) is 0 Å². The molecule has 0 aliphatic carbocycles. The molecule has 0 heterocycles. The number of rotatable bonds is 3. The standard InChI is InChI=1S/C7H8Cl3O3/c1-2-3-4-5(11)13-6(12)7(8,9)10/h1-4H2. The van der Waals surface area contributed by atoms with Crippen molar-refractivity contribution in [1.82, 2.24) is 0 Å². The number of carbonyl (C=O) groups is 2. The summed E-state index contributed by atoms with van der Waals surface area (Å²) in [5.74, 6) is -1.88. The minimum absolute atomic E-state index is 0.0932. The molecule has 1 radical (unpaired) electrons. The highest BCUT2D eigenvalue weighted by atomic mass is 35.6. The third-order valence-corrected chi connectivity index (χ3v) is 1.53. The van der Waals surface area contributed by atoms with Crippen LogP contribution in [0, 0.1) is 6.92 Å². The predicted octanol–water partition coefficient (Wildman–Crippen LogP) is 2.43. The predicted molar refractivity (Wildman–Crippen MR) is 50.6 cm³/mol. The van der Waals surface area contributed by atoms with E-state index in [4.69, 9.17) is 34.8 Å². The molecule has 75 valence electrons. The highest BCUT2D eigenvalue weighted by Crippen LogP contribution is 2.27. The molecular formula is C7H8Cl3O3. The van der Waals surface area contributed by atoms with Gasteiger partial charge in [0.25, 0.3) is 3.79 Å². The van der Waals surface area contributed by atoms with Crippen LogP contribution in [0.25, 0.3) is 0 Å². The second kappa shape index (κ2) is 5.68. The SMILES string of the molecule is [CH2]CCCC(=O)OC(=O)C(Cl)(Cl)Cl.